The number of carbonyl (C=O) groups excluding carboxylic acids is 2. The fourth-order valence-electron chi connectivity index (χ4n) is 2.18. The number of nitrogens with zero attached hydrogens (tertiary/aromatic N) is 4. The molecular formula is C14H19N5O2. The van der Waals surface area contributed by atoms with Crippen LogP contribution < -0.4 is 10.2 Å². The number of hydrogen-bond acceptors (Lipinski definition) is 6. The Morgan fingerprint density at radius 2 is 2.10 bits per heavy atom. The summed E-state index contributed by atoms with van der Waals surface area (Å²) in [5, 5.41) is 2.13. The van der Waals surface area contributed by atoms with E-state index in [-0.39, 0.29) is 0 Å². The number of likely N-dealkylation sites (N-methyl/N-ethyl adjacent to an activating group) is 1. The summed E-state index contributed by atoms with van der Waals surface area (Å²) in [6.07, 6.45) is 5.98. The highest BCUT2D eigenvalue weighted by molar-refractivity contribution is 6.01. The standard InChI is InChI=1S/C14H19N5O2/c1-18(2)12(13(21)16-10-20)9-11-5-6-15-14(17-11)19-7-3-4-8-19/h5-6,9-10H,3-4,7-8H2,1-2H3,(H,16,20,21)/b12-9-. The molecule has 1 aromatic heterocycles. The van der Waals surface area contributed by atoms with Crippen LogP contribution in [0, 0.1) is 0 Å². The van der Waals surface area contributed by atoms with Gasteiger partial charge in [0.05, 0.1) is 5.69 Å². The van der Waals surface area contributed by atoms with Gasteiger partial charge in [0.2, 0.25) is 12.4 Å². The lowest BCUT2D eigenvalue weighted by Crippen LogP contribution is -2.30. The van der Waals surface area contributed by atoms with Gasteiger partial charge in [0.15, 0.2) is 0 Å². The second kappa shape index (κ2) is 6.83. The van der Waals surface area contributed by atoms with Gasteiger partial charge in [-0.15, -0.1) is 0 Å². The predicted octanol–water partition coefficient (Wildman–Crippen LogP) is 0.252. The number of nitrogens with one attached hydrogen (secondary N) is 1. The van der Waals surface area contributed by atoms with Crippen molar-refractivity contribution in [2.45, 2.75) is 12.8 Å². The van der Waals surface area contributed by atoms with Crippen molar-refractivity contribution in [1.82, 2.24) is 20.2 Å². The van der Waals surface area contributed by atoms with Crippen molar-refractivity contribution in [2.24, 2.45) is 0 Å². The van der Waals surface area contributed by atoms with Gasteiger partial charge >= 0.3 is 0 Å². The maximum Gasteiger partial charge on any atom is 0.273 e. The third-order valence-corrected chi connectivity index (χ3v) is 3.24. The summed E-state index contributed by atoms with van der Waals surface area (Å²) >= 11 is 0. The van der Waals surface area contributed by atoms with Crippen molar-refractivity contribution in [3.05, 3.63) is 23.7 Å². The molecule has 7 nitrogen and oxygen atoms in total. The van der Waals surface area contributed by atoms with E-state index >= 15 is 0 Å². The van der Waals surface area contributed by atoms with Gasteiger partial charge in [-0.3, -0.25) is 14.9 Å². The monoisotopic (exact) mass is 289 g/mol. The van der Waals surface area contributed by atoms with Gasteiger partial charge in [0, 0.05) is 33.4 Å². The maximum absolute atomic E-state index is 11.8. The first kappa shape index (κ1) is 15.0. The summed E-state index contributed by atoms with van der Waals surface area (Å²) in [4.78, 5) is 34.7. The highest BCUT2D eigenvalue weighted by Crippen LogP contribution is 2.16. The van der Waals surface area contributed by atoms with E-state index in [4.69, 9.17) is 0 Å². The number of carbonyl (C=O) groups is 2. The molecule has 2 amide bonds. The summed E-state index contributed by atoms with van der Waals surface area (Å²) in [7, 11) is 3.47. The number of rotatable bonds is 5. The van der Waals surface area contributed by atoms with E-state index in [9.17, 15) is 9.59 Å². The molecule has 1 N–H and O–H groups in total. The van der Waals surface area contributed by atoms with Crippen LogP contribution in [-0.2, 0) is 9.59 Å². The van der Waals surface area contributed by atoms with E-state index < -0.39 is 5.91 Å². The molecule has 7 heteroatoms. The first-order chi connectivity index (χ1) is 10.1. The fourth-order valence-corrected chi connectivity index (χ4v) is 2.18. The van der Waals surface area contributed by atoms with Gasteiger partial charge in [0.1, 0.15) is 5.70 Å². The second-order valence-electron chi connectivity index (χ2n) is 4.99. The Labute approximate surface area is 123 Å². The molecule has 0 spiro atoms. The number of hydrogen-bond donors (Lipinski definition) is 1. The van der Waals surface area contributed by atoms with Crippen molar-refractivity contribution < 1.29 is 9.59 Å². The van der Waals surface area contributed by atoms with Crippen LogP contribution in [0.15, 0.2) is 18.0 Å². The molecule has 0 unspecified atom stereocenters. The smallest absolute Gasteiger partial charge is 0.273 e. The normalized spacial score (nSPS) is 15.0. The molecule has 0 aromatic carbocycles. The molecule has 1 aliphatic heterocycles. The summed E-state index contributed by atoms with van der Waals surface area (Å²) in [5.74, 6) is 0.214. The van der Waals surface area contributed by atoms with Crippen LogP contribution in [0.25, 0.3) is 6.08 Å². The minimum absolute atomic E-state index is 0.355. The van der Waals surface area contributed by atoms with E-state index in [1.54, 1.807) is 37.3 Å². The Morgan fingerprint density at radius 1 is 1.38 bits per heavy atom. The van der Waals surface area contributed by atoms with Crippen LogP contribution in [0.4, 0.5) is 5.95 Å². The molecule has 1 aliphatic rings. The molecule has 0 atom stereocenters. The molecule has 21 heavy (non-hydrogen) atoms. The van der Waals surface area contributed by atoms with Crippen LogP contribution in [0.5, 0.6) is 0 Å². The molecule has 0 aliphatic carbocycles. The van der Waals surface area contributed by atoms with E-state index in [0.717, 1.165) is 25.9 Å². The quantitative estimate of drug-likeness (QED) is 0.618. The Bertz CT molecular complexity index is 550. The molecule has 112 valence electrons. The Hall–Kier alpha value is -2.44. The minimum atomic E-state index is -0.462. The van der Waals surface area contributed by atoms with Crippen LogP contribution in [0.2, 0.25) is 0 Å². The van der Waals surface area contributed by atoms with Crippen molar-refractivity contribution in [2.75, 3.05) is 32.1 Å². The SMILES string of the molecule is CN(C)/C(=C\c1ccnc(N2CCCC2)n1)C(=O)NC=O. The zero-order valence-electron chi connectivity index (χ0n) is 12.2. The Balaban J connectivity index is 2.26. The van der Waals surface area contributed by atoms with Gasteiger partial charge < -0.3 is 9.80 Å². The zero-order valence-corrected chi connectivity index (χ0v) is 12.2. The lowest BCUT2D eigenvalue weighted by Gasteiger charge is -2.17. The average molecular weight is 289 g/mol. The number of aromatic nitrogens is 2. The molecule has 1 fully saturated rings. The zero-order chi connectivity index (χ0) is 15.2. The van der Waals surface area contributed by atoms with Crippen LogP contribution in [-0.4, -0.2) is 54.4 Å². The van der Waals surface area contributed by atoms with Crippen molar-refractivity contribution in [3.63, 3.8) is 0 Å². The average Bonchev–Trinajstić information content (AvgIpc) is 2.99. The van der Waals surface area contributed by atoms with Gasteiger partial charge in [-0.1, -0.05) is 0 Å². The minimum Gasteiger partial charge on any atom is -0.373 e. The molecule has 1 aromatic rings. The third-order valence-electron chi connectivity index (χ3n) is 3.24. The second-order valence-corrected chi connectivity index (χ2v) is 4.99. The van der Waals surface area contributed by atoms with Gasteiger partial charge in [-0.05, 0) is 25.0 Å². The molecule has 0 radical (unpaired) electrons. The van der Waals surface area contributed by atoms with Gasteiger partial charge in [0.25, 0.3) is 5.91 Å². The van der Waals surface area contributed by atoms with Gasteiger partial charge in [-0.25, -0.2) is 9.97 Å². The van der Waals surface area contributed by atoms with E-state index in [1.807, 2.05) is 0 Å². The van der Waals surface area contributed by atoms with Crippen LogP contribution in [0.3, 0.4) is 0 Å². The first-order valence-electron chi connectivity index (χ1n) is 6.83. The van der Waals surface area contributed by atoms with Crippen molar-refractivity contribution in [1.29, 1.82) is 0 Å². The molecule has 1 saturated heterocycles. The molecule has 0 bridgehead atoms. The summed E-state index contributed by atoms with van der Waals surface area (Å²) < 4.78 is 0. The van der Waals surface area contributed by atoms with Gasteiger partial charge in [-0.2, -0.15) is 0 Å². The summed E-state index contributed by atoms with van der Waals surface area (Å²) in [6.45, 7) is 1.92. The molecule has 2 rings (SSSR count). The molecule has 0 saturated carbocycles. The number of anilines is 1. The number of amides is 2. The highest BCUT2D eigenvalue weighted by Gasteiger charge is 2.16. The third kappa shape index (κ3) is 3.77. The van der Waals surface area contributed by atoms with Crippen LogP contribution in [0.1, 0.15) is 18.5 Å². The molecular weight excluding hydrogens is 270 g/mol. The van der Waals surface area contributed by atoms with E-state index in [2.05, 4.69) is 20.2 Å². The summed E-state index contributed by atoms with van der Waals surface area (Å²) in [5.41, 5.74) is 0.991. The predicted molar refractivity (Wildman–Crippen MR) is 79.3 cm³/mol. The fraction of sp³-hybridized carbons (Fsp3) is 0.429. The number of imide groups is 1. The topological polar surface area (TPSA) is 78.4 Å². The largest absolute Gasteiger partial charge is 0.373 e. The Kier molecular flexibility index (Phi) is 4.86. The highest BCUT2D eigenvalue weighted by atomic mass is 16.2. The van der Waals surface area contributed by atoms with Crippen LogP contribution >= 0.6 is 0 Å². The van der Waals surface area contributed by atoms with E-state index in [0.29, 0.717) is 23.7 Å². The lowest BCUT2D eigenvalue weighted by molar-refractivity contribution is -0.123. The van der Waals surface area contributed by atoms with E-state index in [1.165, 1.54) is 0 Å². The van der Waals surface area contributed by atoms with Crippen molar-refractivity contribution in [3.8, 4) is 0 Å². The maximum atomic E-state index is 11.8. The first-order valence-corrected chi connectivity index (χ1v) is 6.83. The lowest BCUT2D eigenvalue weighted by atomic mass is 10.3. The molecule has 2 heterocycles. The van der Waals surface area contributed by atoms with Crippen molar-refractivity contribution >= 4 is 24.3 Å². The Morgan fingerprint density at radius 3 is 2.71 bits per heavy atom. The summed E-state index contributed by atoms with van der Waals surface area (Å²) in [6, 6.07) is 1.73.